The van der Waals surface area contributed by atoms with E-state index in [-0.39, 0.29) is 18.3 Å². The van der Waals surface area contributed by atoms with Crippen LogP contribution < -0.4 is 5.46 Å². The van der Waals surface area contributed by atoms with Gasteiger partial charge in [-0.1, -0.05) is 54.6 Å². The van der Waals surface area contributed by atoms with Crippen LogP contribution in [0.3, 0.4) is 0 Å². The van der Waals surface area contributed by atoms with Crippen molar-refractivity contribution in [2.45, 2.75) is 38.9 Å². The summed E-state index contributed by atoms with van der Waals surface area (Å²) in [4.78, 5) is 0. The van der Waals surface area contributed by atoms with Crippen LogP contribution in [0, 0.1) is 0 Å². The van der Waals surface area contributed by atoms with E-state index in [0.717, 1.165) is 5.46 Å². The summed E-state index contributed by atoms with van der Waals surface area (Å²) in [5.41, 5.74) is 0.471. The molecule has 0 spiro atoms. The second kappa shape index (κ2) is 5.32. The second-order valence-electron chi connectivity index (χ2n) is 8.08. The van der Waals surface area contributed by atoms with Gasteiger partial charge in [-0.15, -0.1) is 11.3 Å². The molecule has 0 N–H and O–H groups in total. The monoisotopic (exact) mass is 360 g/mol. The van der Waals surface area contributed by atoms with Gasteiger partial charge in [0, 0.05) is 20.2 Å². The molecular weight excluding hydrogens is 339 g/mol. The van der Waals surface area contributed by atoms with Gasteiger partial charge >= 0.3 is 7.12 Å². The Bertz CT molecular complexity index is 1140. The zero-order chi connectivity index (χ0) is 18.1. The third-order valence-electron chi connectivity index (χ3n) is 5.93. The average Bonchev–Trinajstić information content (AvgIpc) is 3.09. The van der Waals surface area contributed by atoms with E-state index >= 15 is 0 Å². The summed E-state index contributed by atoms with van der Waals surface area (Å²) < 4.78 is 15.2. The summed E-state index contributed by atoms with van der Waals surface area (Å²) in [6, 6.07) is 19.5. The Morgan fingerprint density at radius 2 is 1.35 bits per heavy atom. The molecule has 2 nitrogen and oxygen atoms in total. The van der Waals surface area contributed by atoms with Gasteiger partial charge in [0.2, 0.25) is 0 Å². The standard InChI is InChI=1S/C22H21BO2S/c1-21(2)22(3,4)25-23(24-21)18-11-7-10-16-17-13-12-14-8-5-6-9-15(14)19(17)26-20(16)18/h5-13H,1-4H3. The summed E-state index contributed by atoms with van der Waals surface area (Å²) in [5.74, 6) is 0. The Hall–Kier alpha value is -1.88. The van der Waals surface area contributed by atoms with E-state index in [1.54, 1.807) is 0 Å². The first-order valence-electron chi connectivity index (χ1n) is 9.06. The summed E-state index contributed by atoms with van der Waals surface area (Å²) in [6.07, 6.45) is 0. The molecule has 1 aromatic heterocycles. The topological polar surface area (TPSA) is 18.5 Å². The summed E-state index contributed by atoms with van der Waals surface area (Å²) in [7, 11) is -0.331. The fourth-order valence-corrected chi connectivity index (χ4v) is 5.06. The predicted molar refractivity (Wildman–Crippen MR) is 113 cm³/mol. The van der Waals surface area contributed by atoms with Crippen molar-refractivity contribution in [1.82, 2.24) is 0 Å². The number of rotatable bonds is 1. The molecule has 0 unspecified atom stereocenters. The van der Waals surface area contributed by atoms with Gasteiger partial charge in [0.1, 0.15) is 0 Å². The lowest BCUT2D eigenvalue weighted by atomic mass is 9.78. The van der Waals surface area contributed by atoms with Crippen molar-refractivity contribution in [1.29, 1.82) is 0 Å². The van der Waals surface area contributed by atoms with E-state index in [0.29, 0.717) is 0 Å². The fraction of sp³-hybridized carbons (Fsp3) is 0.273. The van der Waals surface area contributed by atoms with Crippen molar-refractivity contribution >= 4 is 54.9 Å². The van der Waals surface area contributed by atoms with Crippen LogP contribution in [0.1, 0.15) is 27.7 Å². The lowest BCUT2D eigenvalue weighted by Gasteiger charge is -2.32. The quantitative estimate of drug-likeness (QED) is 0.417. The first-order chi connectivity index (χ1) is 12.4. The van der Waals surface area contributed by atoms with Gasteiger partial charge in [-0.05, 0) is 43.9 Å². The van der Waals surface area contributed by atoms with Gasteiger partial charge in [-0.3, -0.25) is 0 Å². The zero-order valence-corrected chi connectivity index (χ0v) is 16.3. The van der Waals surface area contributed by atoms with Crippen LogP contribution in [-0.4, -0.2) is 18.3 Å². The molecule has 3 aromatic carbocycles. The van der Waals surface area contributed by atoms with E-state index in [2.05, 4.69) is 82.3 Å². The maximum Gasteiger partial charge on any atom is 0.496 e. The Balaban J connectivity index is 1.76. The minimum Gasteiger partial charge on any atom is -0.399 e. The number of fused-ring (bicyclic) bond motifs is 5. The van der Waals surface area contributed by atoms with E-state index in [1.165, 1.54) is 30.9 Å². The molecule has 0 bridgehead atoms. The van der Waals surface area contributed by atoms with Gasteiger partial charge in [0.15, 0.2) is 0 Å². The van der Waals surface area contributed by atoms with E-state index in [9.17, 15) is 0 Å². The Labute approximate surface area is 157 Å². The number of thiophene rings is 1. The van der Waals surface area contributed by atoms with Crippen molar-refractivity contribution in [2.75, 3.05) is 0 Å². The normalized spacial score (nSPS) is 19.0. The van der Waals surface area contributed by atoms with E-state index < -0.39 is 0 Å². The molecule has 1 aliphatic rings. The third-order valence-corrected chi connectivity index (χ3v) is 7.23. The van der Waals surface area contributed by atoms with Crippen LogP contribution in [0.2, 0.25) is 0 Å². The molecule has 4 aromatic rings. The van der Waals surface area contributed by atoms with Crippen molar-refractivity contribution in [3.63, 3.8) is 0 Å². The molecule has 1 aliphatic heterocycles. The van der Waals surface area contributed by atoms with Gasteiger partial charge in [0.05, 0.1) is 11.2 Å². The van der Waals surface area contributed by atoms with Gasteiger partial charge in [0.25, 0.3) is 0 Å². The maximum atomic E-state index is 6.33. The Kier molecular flexibility index (Phi) is 3.34. The highest BCUT2D eigenvalue weighted by molar-refractivity contribution is 7.28. The van der Waals surface area contributed by atoms with Crippen molar-refractivity contribution in [3.05, 3.63) is 54.6 Å². The molecule has 1 fully saturated rings. The average molecular weight is 360 g/mol. The van der Waals surface area contributed by atoms with Gasteiger partial charge < -0.3 is 9.31 Å². The molecule has 0 radical (unpaired) electrons. The minimum atomic E-state index is -0.331. The number of hydrogen-bond donors (Lipinski definition) is 0. The fourth-order valence-electron chi connectivity index (χ4n) is 3.70. The predicted octanol–water partition coefficient (Wildman–Crippen LogP) is 5.51. The van der Waals surface area contributed by atoms with Crippen LogP contribution in [0.4, 0.5) is 0 Å². The van der Waals surface area contributed by atoms with Crippen molar-refractivity contribution < 1.29 is 9.31 Å². The second-order valence-corrected chi connectivity index (χ2v) is 9.10. The van der Waals surface area contributed by atoms with Crippen LogP contribution >= 0.6 is 11.3 Å². The lowest BCUT2D eigenvalue weighted by Crippen LogP contribution is -2.41. The Morgan fingerprint density at radius 1 is 0.692 bits per heavy atom. The smallest absolute Gasteiger partial charge is 0.399 e. The number of hydrogen-bond acceptors (Lipinski definition) is 3. The molecule has 5 rings (SSSR count). The zero-order valence-electron chi connectivity index (χ0n) is 15.5. The lowest BCUT2D eigenvalue weighted by molar-refractivity contribution is 0.00578. The Morgan fingerprint density at radius 3 is 2.12 bits per heavy atom. The molecular formula is C22H21BO2S. The molecule has 1 saturated heterocycles. The summed E-state index contributed by atoms with van der Waals surface area (Å²) in [6.45, 7) is 8.41. The highest BCUT2D eigenvalue weighted by Crippen LogP contribution is 2.40. The number of benzene rings is 3. The summed E-state index contributed by atoms with van der Waals surface area (Å²) >= 11 is 1.84. The van der Waals surface area contributed by atoms with Crippen LogP contribution in [0.25, 0.3) is 30.9 Å². The largest absolute Gasteiger partial charge is 0.496 e. The molecule has 4 heteroatoms. The molecule has 2 heterocycles. The first-order valence-corrected chi connectivity index (χ1v) is 9.88. The molecule has 0 aliphatic carbocycles. The van der Waals surface area contributed by atoms with E-state index in [1.807, 2.05) is 11.3 Å². The molecule has 0 saturated carbocycles. The van der Waals surface area contributed by atoms with E-state index in [4.69, 9.17) is 9.31 Å². The third kappa shape index (κ3) is 2.19. The van der Waals surface area contributed by atoms with Crippen LogP contribution in [-0.2, 0) is 9.31 Å². The first kappa shape index (κ1) is 16.3. The molecule has 130 valence electrons. The highest BCUT2D eigenvalue weighted by Gasteiger charge is 2.52. The van der Waals surface area contributed by atoms with Crippen molar-refractivity contribution in [2.24, 2.45) is 0 Å². The molecule has 0 atom stereocenters. The SMILES string of the molecule is CC1(C)OB(c2cccc3c2sc2c4ccccc4ccc32)OC1(C)C. The molecule has 0 amide bonds. The minimum absolute atomic E-state index is 0.330. The van der Waals surface area contributed by atoms with Gasteiger partial charge in [-0.25, -0.2) is 0 Å². The van der Waals surface area contributed by atoms with Gasteiger partial charge in [-0.2, -0.15) is 0 Å². The van der Waals surface area contributed by atoms with Crippen LogP contribution in [0.5, 0.6) is 0 Å². The maximum absolute atomic E-state index is 6.33. The van der Waals surface area contributed by atoms with Crippen molar-refractivity contribution in [3.8, 4) is 0 Å². The molecule has 26 heavy (non-hydrogen) atoms. The summed E-state index contributed by atoms with van der Waals surface area (Å²) in [5, 5.41) is 5.18. The van der Waals surface area contributed by atoms with Crippen LogP contribution in [0.15, 0.2) is 54.6 Å². The highest BCUT2D eigenvalue weighted by atomic mass is 32.1.